The highest BCUT2D eigenvalue weighted by molar-refractivity contribution is 9.10. The van der Waals surface area contributed by atoms with Crippen molar-refractivity contribution in [3.63, 3.8) is 0 Å². The molecule has 0 aliphatic heterocycles. The molecule has 0 aliphatic rings. The Hall–Kier alpha value is -1.91. The third-order valence-electron chi connectivity index (χ3n) is 2.99. The molecule has 0 heterocycles. The van der Waals surface area contributed by atoms with Gasteiger partial charge in [-0.25, -0.2) is 0 Å². The van der Waals surface area contributed by atoms with Crippen molar-refractivity contribution in [2.45, 2.75) is 13.2 Å². The molecule has 1 amide bonds. The Balaban J connectivity index is 1.88. The van der Waals surface area contributed by atoms with Gasteiger partial charge in [0.05, 0.1) is 6.61 Å². The fraction of sp³-hybridized carbons (Fsp3) is 0.118. The van der Waals surface area contributed by atoms with Crippen molar-refractivity contribution < 1.29 is 9.90 Å². The Morgan fingerprint density at radius 2 is 1.76 bits per heavy atom. The normalized spacial score (nSPS) is 10.8. The molecule has 0 atom stereocenters. The van der Waals surface area contributed by atoms with Gasteiger partial charge in [-0.05, 0) is 28.8 Å². The minimum atomic E-state index is -0.142. The molecule has 0 radical (unpaired) electrons. The lowest BCUT2D eigenvalue weighted by Crippen LogP contribution is -2.20. The number of aliphatic hydroxyl groups is 1. The van der Waals surface area contributed by atoms with Crippen LogP contribution in [-0.4, -0.2) is 11.0 Å². The number of nitrogens with one attached hydrogen (secondary N) is 1. The zero-order valence-corrected chi connectivity index (χ0v) is 13.0. The molecule has 0 aliphatic carbocycles. The van der Waals surface area contributed by atoms with E-state index in [1.165, 1.54) is 6.08 Å². The van der Waals surface area contributed by atoms with Gasteiger partial charge in [-0.15, -0.1) is 0 Å². The quantitative estimate of drug-likeness (QED) is 0.817. The Morgan fingerprint density at radius 3 is 2.43 bits per heavy atom. The number of carbonyl (C=O) groups is 1. The number of halogens is 1. The third-order valence-corrected chi connectivity index (χ3v) is 3.71. The van der Waals surface area contributed by atoms with E-state index in [9.17, 15) is 4.79 Å². The van der Waals surface area contributed by atoms with Gasteiger partial charge in [0.2, 0.25) is 5.91 Å². The van der Waals surface area contributed by atoms with E-state index in [1.807, 2.05) is 48.5 Å². The van der Waals surface area contributed by atoms with Crippen LogP contribution in [-0.2, 0) is 17.9 Å². The second-order valence-corrected chi connectivity index (χ2v) is 5.40. The van der Waals surface area contributed by atoms with Crippen molar-refractivity contribution in [3.05, 3.63) is 75.8 Å². The molecule has 0 unspecified atom stereocenters. The lowest BCUT2D eigenvalue weighted by Gasteiger charge is -2.04. The first-order valence-corrected chi connectivity index (χ1v) is 7.37. The maximum Gasteiger partial charge on any atom is 0.244 e. The molecule has 0 saturated carbocycles. The van der Waals surface area contributed by atoms with Crippen molar-refractivity contribution in [2.75, 3.05) is 0 Å². The van der Waals surface area contributed by atoms with Gasteiger partial charge in [-0.1, -0.05) is 58.4 Å². The van der Waals surface area contributed by atoms with E-state index in [-0.39, 0.29) is 12.5 Å². The molecule has 0 bridgehead atoms. The van der Waals surface area contributed by atoms with Gasteiger partial charge < -0.3 is 10.4 Å². The zero-order chi connectivity index (χ0) is 15.1. The van der Waals surface area contributed by atoms with Gasteiger partial charge in [0.15, 0.2) is 0 Å². The molecule has 2 aromatic carbocycles. The van der Waals surface area contributed by atoms with Crippen LogP contribution in [0.5, 0.6) is 0 Å². The van der Waals surface area contributed by atoms with E-state index in [1.54, 1.807) is 6.08 Å². The molecular formula is C17H16BrNO2. The first-order valence-electron chi connectivity index (χ1n) is 6.58. The van der Waals surface area contributed by atoms with Gasteiger partial charge in [-0.3, -0.25) is 4.79 Å². The van der Waals surface area contributed by atoms with Crippen molar-refractivity contribution in [2.24, 2.45) is 0 Å². The zero-order valence-electron chi connectivity index (χ0n) is 11.4. The summed E-state index contributed by atoms with van der Waals surface area (Å²) in [5.74, 6) is -0.142. The molecule has 0 saturated heterocycles. The molecule has 3 nitrogen and oxygen atoms in total. The number of carbonyl (C=O) groups excluding carboxylic acids is 1. The lowest BCUT2D eigenvalue weighted by atomic mass is 10.1. The summed E-state index contributed by atoms with van der Waals surface area (Å²) in [5.41, 5.74) is 2.81. The second-order valence-electron chi connectivity index (χ2n) is 4.55. The summed E-state index contributed by atoms with van der Waals surface area (Å²) in [7, 11) is 0. The van der Waals surface area contributed by atoms with E-state index in [4.69, 9.17) is 5.11 Å². The highest BCUT2D eigenvalue weighted by Gasteiger charge is 1.99. The number of hydrogen-bond donors (Lipinski definition) is 2. The average Bonchev–Trinajstić information content (AvgIpc) is 2.52. The monoisotopic (exact) mass is 345 g/mol. The molecule has 0 aromatic heterocycles. The summed E-state index contributed by atoms with van der Waals surface area (Å²) in [5, 5.41) is 11.8. The Kier molecular flexibility index (Phi) is 5.72. The van der Waals surface area contributed by atoms with Gasteiger partial charge in [-0.2, -0.15) is 0 Å². The van der Waals surface area contributed by atoms with Crippen molar-refractivity contribution in [1.82, 2.24) is 5.32 Å². The number of hydrogen-bond acceptors (Lipinski definition) is 2. The molecule has 0 fully saturated rings. The Labute approximate surface area is 132 Å². The minimum absolute atomic E-state index is 0.0291. The van der Waals surface area contributed by atoms with Gasteiger partial charge in [0.25, 0.3) is 0 Å². The fourth-order valence-corrected chi connectivity index (χ4v) is 2.20. The summed E-state index contributed by atoms with van der Waals surface area (Å²) in [6, 6.07) is 15.2. The smallest absolute Gasteiger partial charge is 0.244 e. The van der Waals surface area contributed by atoms with Crippen LogP contribution in [0.4, 0.5) is 0 Å². The van der Waals surface area contributed by atoms with Crippen LogP contribution in [0, 0.1) is 0 Å². The molecule has 2 rings (SSSR count). The molecule has 4 heteroatoms. The van der Waals surface area contributed by atoms with E-state index < -0.39 is 0 Å². The molecule has 0 spiro atoms. The molecule has 21 heavy (non-hydrogen) atoms. The predicted molar refractivity (Wildman–Crippen MR) is 87.4 cm³/mol. The Morgan fingerprint density at radius 1 is 1.10 bits per heavy atom. The highest BCUT2D eigenvalue weighted by atomic mass is 79.9. The van der Waals surface area contributed by atoms with Crippen LogP contribution in [0.15, 0.2) is 59.1 Å². The summed E-state index contributed by atoms with van der Waals surface area (Å²) in [4.78, 5) is 11.8. The highest BCUT2D eigenvalue weighted by Crippen LogP contribution is 2.16. The minimum Gasteiger partial charge on any atom is -0.392 e. The van der Waals surface area contributed by atoms with Gasteiger partial charge in [0, 0.05) is 17.1 Å². The standard InChI is InChI=1S/C17H16BrNO2/c18-16-4-2-1-3-15(16)9-10-17(21)19-11-13-5-7-14(12-20)8-6-13/h1-10,20H,11-12H2,(H,19,21)/b10-9+. The SMILES string of the molecule is O=C(/C=C/c1ccccc1Br)NCc1ccc(CO)cc1. The van der Waals surface area contributed by atoms with Crippen molar-refractivity contribution in [1.29, 1.82) is 0 Å². The summed E-state index contributed by atoms with van der Waals surface area (Å²) < 4.78 is 0.952. The fourth-order valence-electron chi connectivity index (χ4n) is 1.79. The van der Waals surface area contributed by atoms with Gasteiger partial charge in [0.1, 0.15) is 0 Å². The number of rotatable bonds is 5. The molecular weight excluding hydrogens is 330 g/mol. The summed E-state index contributed by atoms with van der Waals surface area (Å²) in [6.45, 7) is 0.492. The predicted octanol–water partition coefficient (Wildman–Crippen LogP) is 3.27. The number of aliphatic hydroxyl groups excluding tert-OH is 1. The van der Waals surface area contributed by atoms with E-state index in [2.05, 4.69) is 21.2 Å². The number of benzene rings is 2. The topological polar surface area (TPSA) is 49.3 Å². The van der Waals surface area contributed by atoms with E-state index >= 15 is 0 Å². The molecule has 2 aromatic rings. The van der Waals surface area contributed by atoms with Crippen LogP contribution in [0.25, 0.3) is 6.08 Å². The Bertz CT molecular complexity index is 635. The second kappa shape index (κ2) is 7.76. The van der Waals surface area contributed by atoms with Crippen molar-refractivity contribution >= 4 is 27.9 Å². The molecule has 108 valence electrons. The first kappa shape index (κ1) is 15.5. The summed E-state index contributed by atoms with van der Waals surface area (Å²) >= 11 is 3.43. The van der Waals surface area contributed by atoms with E-state index in [0.717, 1.165) is 21.2 Å². The maximum absolute atomic E-state index is 11.8. The first-order chi connectivity index (χ1) is 10.2. The van der Waals surface area contributed by atoms with Gasteiger partial charge >= 0.3 is 0 Å². The van der Waals surface area contributed by atoms with Crippen LogP contribution in [0.3, 0.4) is 0 Å². The van der Waals surface area contributed by atoms with Crippen LogP contribution in [0.2, 0.25) is 0 Å². The maximum atomic E-state index is 11.8. The largest absolute Gasteiger partial charge is 0.392 e. The summed E-state index contributed by atoms with van der Waals surface area (Å²) in [6.07, 6.45) is 3.29. The van der Waals surface area contributed by atoms with Crippen LogP contribution in [0.1, 0.15) is 16.7 Å². The van der Waals surface area contributed by atoms with Crippen LogP contribution < -0.4 is 5.32 Å². The lowest BCUT2D eigenvalue weighted by molar-refractivity contribution is -0.116. The number of amides is 1. The average molecular weight is 346 g/mol. The van der Waals surface area contributed by atoms with E-state index in [0.29, 0.717) is 6.54 Å². The third kappa shape index (κ3) is 4.85. The van der Waals surface area contributed by atoms with Crippen LogP contribution >= 0.6 is 15.9 Å². The molecule has 2 N–H and O–H groups in total. The van der Waals surface area contributed by atoms with Crippen molar-refractivity contribution in [3.8, 4) is 0 Å².